The Balaban J connectivity index is 2.06. The summed E-state index contributed by atoms with van der Waals surface area (Å²) in [7, 11) is 4.80. The SMILES string of the molecule is COc1ccc(N(CC(=O)N(C)CCc2ccncc2)C(C)=O)cc1OC. The van der Waals surface area contributed by atoms with Gasteiger partial charge < -0.3 is 19.3 Å². The number of hydrogen-bond donors (Lipinski definition) is 0. The second-order valence-electron chi connectivity index (χ2n) is 6.07. The summed E-state index contributed by atoms with van der Waals surface area (Å²) < 4.78 is 10.5. The molecule has 2 aromatic rings. The highest BCUT2D eigenvalue weighted by molar-refractivity contribution is 5.97. The maximum Gasteiger partial charge on any atom is 0.242 e. The van der Waals surface area contributed by atoms with E-state index < -0.39 is 0 Å². The van der Waals surface area contributed by atoms with Crippen molar-refractivity contribution in [1.29, 1.82) is 0 Å². The average molecular weight is 371 g/mol. The van der Waals surface area contributed by atoms with Crippen LogP contribution in [-0.4, -0.2) is 56.1 Å². The highest BCUT2D eigenvalue weighted by atomic mass is 16.5. The van der Waals surface area contributed by atoms with E-state index in [1.807, 2.05) is 12.1 Å². The molecule has 0 N–H and O–H groups in total. The van der Waals surface area contributed by atoms with Crippen molar-refractivity contribution in [1.82, 2.24) is 9.88 Å². The van der Waals surface area contributed by atoms with Crippen LogP contribution in [0.5, 0.6) is 11.5 Å². The molecule has 7 heteroatoms. The smallest absolute Gasteiger partial charge is 0.242 e. The van der Waals surface area contributed by atoms with Crippen LogP contribution < -0.4 is 14.4 Å². The molecule has 0 fully saturated rings. The minimum atomic E-state index is -0.224. The summed E-state index contributed by atoms with van der Waals surface area (Å²) in [5, 5.41) is 0. The summed E-state index contributed by atoms with van der Waals surface area (Å²) in [4.78, 5) is 31.7. The second-order valence-corrected chi connectivity index (χ2v) is 6.07. The molecule has 0 saturated carbocycles. The van der Waals surface area contributed by atoms with E-state index in [0.29, 0.717) is 23.7 Å². The van der Waals surface area contributed by atoms with Gasteiger partial charge in [0.05, 0.1) is 14.2 Å². The van der Waals surface area contributed by atoms with Crippen molar-refractivity contribution in [3.63, 3.8) is 0 Å². The number of ether oxygens (including phenoxy) is 2. The molecule has 1 heterocycles. The average Bonchev–Trinajstić information content (AvgIpc) is 2.69. The van der Waals surface area contributed by atoms with Crippen molar-refractivity contribution >= 4 is 17.5 Å². The predicted octanol–water partition coefficient (Wildman–Crippen LogP) is 2.15. The molecule has 144 valence electrons. The van der Waals surface area contributed by atoms with Gasteiger partial charge in [-0.3, -0.25) is 14.6 Å². The molecule has 2 rings (SSSR count). The van der Waals surface area contributed by atoms with Crippen molar-refractivity contribution in [3.8, 4) is 11.5 Å². The van der Waals surface area contributed by atoms with E-state index in [-0.39, 0.29) is 18.4 Å². The summed E-state index contributed by atoms with van der Waals surface area (Å²) in [6, 6.07) is 8.97. The number of amides is 2. The number of likely N-dealkylation sites (N-methyl/N-ethyl adjacent to an activating group) is 1. The Hall–Kier alpha value is -3.09. The first-order valence-corrected chi connectivity index (χ1v) is 8.59. The van der Waals surface area contributed by atoms with Crippen molar-refractivity contribution in [2.45, 2.75) is 13.3 Å². The van der Waals surface area contributed by atoms with E-state index in [2.05, 4.69) is 4.98 Å². The maximum atomic E-state index is 12.6. The monoisotopic (exact) mass is 371 g/mol. The predicted molar refractivity (Wildman–Crippen MR) is 103 cm³/mol. The van der Waals surface area contributed by atoms with E-state index in [0.717, 1.165) is 12.0 Å². The van der Waals surface area contributed by atoms with Gasteiger partial charge >= 0.3 is 0 Å². The first-order valence-electron chi connectivity index (χ1n) is 8.59. The fraction of sp³-hybridized carbons (Fsp3) is 0.350. The van der Waals surface area contributed by atoms with Gasteiger partial charge in [-0.15, -0.1) is 0 Å². The summed E-state index contributed by atoms with van der Waals surface area (Å²) in [6.45, 7) is 1.94. The fourth-order valence-electron chi connectivity index (χ4n) is 2.60. The van der Waals surface area contributed by atoms with Gasteiger partial charge in [0.25, 0.3) is 0 Å². The minimum absolute atomic E-state index is 0.0440. The number of carbonyl (C=O) groups is 2. The zero-order valence-electron chi connectivity index (χ0n) is 16.1. The van der Waals surface area contributed by atoms with E-state index in [4.69, 9.17) is 9.47 Å². The van der Waals surface area contributed by atoms with E-state index >= 15 is 0 Å². The van der Waals surface area contributed by atoms with Gasteiger partial charge in [0, 0.05) is 44.7 Å². The number of aromatic nitrogens is 1. The lowest BCUT2D eigenvalue weighted by atomic mass is 10.2. The number of anilines is 1. The highest BCUT2D eigenvalue weighted by Crippen LogP contribution is 2.31. The zero-order valence-corrected chi connectivity index (χ0v) is 16.1. The Morgan fingerprint density at radius 2 is 1.70 bits per heavy atom. The van der Waals surface area contributed by atoms with Crippen LogP contribution in [0.2, 0.25) is 0 Å². The quantitative estimate of drug-likeness (QED) is 0.711. The van der Waals surface area contributed by atoms with Crippen LogP contribution in [0.25, 0.3) is 0 Å². The van der Waals surface area contributed by atoms with Crippen LogP contribution in [0, 0.1) is 0 Å². The minimum Gasteiger partial charge on any atom is -0.493 e. The molecule has 0 aliphatic heterocycles. The van der Waals surface area contributed by atoms with Gasteiger partial charge in [0.1, 0.15) is 6.54 Å². The lowest BCUT2D eigenvalue weighted by Gasteiger charge is -2.25. The number of hydrogen-bond acceptors (Lipinski definition) is 5. The van der Waals surface area contributed by atoms with Crippen molar-refractivity contribution in [3.05, 3.63) is 48.3 Å². The molecule has 1 aromatic heterocycles. The molecule has 27 heavy (non-hydrogen) atoms. The Morgan fingerprint density at radius 3 is 2.30 bits per heavy atom. The van der Waals surface area contributed by atoms with Crippen LogP contribution in [0.1, 0.15) is 12.5 Å². The van der Waals surface area contributed by atoms with Crippen LogP contribution in [-0.2, 0) is 16.0 Å². The molecule has 7 nitrogen and oxygen atoms in total. The topological polar surface area (TPSA) is 72.0 Å². The summed E-state index contributed by atoms with van der Waals surface area (Å²) in [5.74, 6) is 0.692. The molecule has 0 aliphatic carbocycles. The third-order valence-corrected chi connectivity index (χ3v) is 4.26. The van der Waals surface area contributed by atoms with Crippen molar-refractivity contribution < 1.29 is 19.1 Å². The lowest BCUT2D eigenvalue weighted by Crippen LogP contribution is -2.41. The van der Waals surface area contributed by atoms with E-state index in [1.54, 1.807) is 49.7 Å². The second kappa shape index (κ2) is 9.56. The Labute approximate surface area is 159 Å². The van der Waals surface area contributed by atoms with Gasteiger partial charge in [-0.2, -0.15) is 0 Å². The van der Waals surface area contributed by atoms with Crippen molar-refractivity contribution in [2.75, 3.05) is 39.3 Å². The van der Waals surface area contributed by atoms with Gasteiger partial charge in [0.15, 0.2) is 11.5 Å². The highest BCUT2D eigenvalue weighted by Gasteiger charge is 2.20. The molecule has 0 aliphatic rings. The van der Waals surface area contributed by atoms with Crippen LogP contribution in [0.15, 0.2) is 42.7 Å². The van der Waals surface area contributed by atoms with Crippen LogP contribution in [0.4, 0.5) is 5.69 Å². The standard InChI is InChI=1S/C20H25N3O4/c1-15(24)23(17-5-6-18(26-3)19(13-17)27-4)14-20(25)22(2)12-9-16-7-10-21-11-8-16/h5-8,10-11,13H,9,12,14H2,1-4H3. The summed E-state index contributed by atoms with van der Waals surface area (Å²) in [5.41, 5.74) is 1.68. The van der Waals surface area contributed by atoms with E-state index in [1.165, 1.54) is 18.9 Å². The Kier molecular flexibility index (Phi) is 7.16. The first kappa shape index (κ1) is 20.2. The zero-order chi connectivity index (χ0) is 19.8. The van der Waals surface area contributed by atoms with Crippen LogP contribution >= 0.6 is 0 Å². The first-order chi connectivity index (χ1) is 13.0. The molecule has 1 aromatic carbocycles. The van der Waals surface area contributed by atoms with Gasteiger partial charge in [-0.1, -0.05) is 0 Å². The third-order valence-electron chi connectivity index (χ3n) is 4.26. The van der Waals surface area contributed by atoms with Gasteiger partial charge in [-0.05, 0) is 36.2 Å². The maximum absolute atomic E-state index is 12.6. The van der Waals surface area contributed by atoms with E-state index in [9.17, 15) is 9.59 Å². The molecular formula is C20H25N3O4. The molecule has 0 saturated heterocycles. The fourth-order valence-corrected chi connectivity index (χ4v) is 2.60. The number of rotatable bonds is 8. The van der Waals surface area contributed by atoms with Crippen molar-refractivity contribution in [2.24, 2.45) is 0 Å². The number of carbonyl (C=O) groups excluding carboxylic acids is 2. The van der Waals surface area contributed by atoms with Gasteiger partial charge in [0.2, 0.25) is 11.8 Å². The van der Waals surface area contributed by atoms with Crippen LogP contribution in [0.3, 0.4) is 0 Å². The normalized spacial score (nSPS) is 10.2. The largest absolute Gasteiger partial charge is 0.493 e. The summed E-state index contributed by atoms with van der Waals surface area (Å²) >= 11 is 0. The molecule has 0 radical (unpaired) electrons. The lowest BCUT2D eigenvalue weighted by molar-refractivity contribution is -0.130. The molecule has 2 amide bonds. The molecular weight excluding hydrogens is 346 g/mol. The Morgan fingerprint density at radius 1 is 1.04 bits per heavy atom. The molecule has 0 bridgehead atoms. The number of pyridine rings is 1. The number of benzene rings is 1. The Bertz CT molecular complexity index is 780. The molecule has 0 atom stereocenters. The number of nitrogens with zero attached hydrogens (tertiary/aromatic N) is 3. The molecule has 0 unspecified atom stereocenters. The summed E-state index contributed by atoms with van der Waals surface area (Å²) in [6.07, 6.45) is 4.18. The van der Waals surface area contributed by atoms with Gasteiger partial charge in [-0.25, -0.2) is 0 Å². The molecule has 0 spiro atoms. The third kappa shape index (κ3) is 5.44. The number of methoxy groups -OCH3 is 2.